The molecule has 0 saturated carbocycles. The molecule has 2 heterocycles. The molecular formula is C13H28N4. The fourth-order valence-electron chi connectivity index (χ4n) is 2.89. The van der Waals surface area contributed by atoms with Crippen LogP contribution in [0.5, 0.6) is 0 Å². The lowest BCUT2D eigenvalue weighted by Crippen LogP contribution is -2.48. The van der Waals surface area contributed by atoms with Crippen LogP contribution in [0.25, 0.3) is 0 Å². The van der Waals surface area contributed by atoms with E-state index in [-0.39, 0.29) is 0 Å². The zero-order chi connectivity index (χ0) is 12.1. The molecule has 0 radical (unpaired) electrons. The van der Waals surface area contributed by atoms with E-state index >= 15 is 0 Å². The summed E-state index contributed by atoms with van der Waals surface area (Å²) in [7, 11) is 2.22. The third kappa shape index (κ3) is 3.91. The minimum atomic E-state index is 0.785. The molecule has 2 rings (SSSR count). The summed E-state index contributed by atoms with van der Waals surface area (Å²) in [5.41, 5.74) is 0. The van der Waals surface area contributed by atoms with Crippen LogP contribution in [0.2, 0.25) is 0 Å². The summed E-state index contributed by atoms with van der Waals surface area (Å²) in [6, 6.07) is 0.785. The smallest absolute Gasteiger partial charge is 0.0233 e. The van der Waals surface area contributed by atoms with Crippen molar-refractivity contribution in [2.24, 2.45) is 0 Å². The van der Waals surface area contributed by atoms with Gasteiger partial charge in [-0.25, -0.2) is 0 Å². The molecule has 2 saturated heterocycles. The quantitative estimate of drug-likeness (QED) is 0.725. The van der Waals surface area contributed by atoms with E-state index in [1.807, 2.05) is 0 Å². The fraction of sp³-hybridized carbons (Fsp3) is 1.00. The minimum Gasteiger partial charge on any atom is -0.315 e. The molecule has 0 aliphatic carbocycles. The molecule has 2 aliphatic rings. The summed E-state index contributed by atoms with van der Waals surface area (Å²) in [5, 5.41) is 3.47. The third-order valence-corrected chi connectivity index (χ3v) is 4.26. The van der Waals surface area contributed by atoms with E-state index < -0.39 is 0 Å². The van der Waals surface area contributed by atoms with E-state index in [1.54, 1.807) is 0 Å². The van der Waals surface area contributed by atoms with Gasteiger partial charge in [0.05, 0.1) is 0 Å². The van der Waals surface area contributed by atoms with Crippen LogP contribution in [0.15, 0.2) is 0 Å². The number of likely N-dealkylation sites (N-methyl/N-ethyl adjacent to an activating group) is 2. The Bertz CT molecular complexity index is 207. The number of nitrogens with one attached hydrogen (secondary N) is 1. The topological polar surface area (TPSA) is 21.8 Å². The Morgan fingerprint density at radius 2 is 2.00 bits per heavy atom. The number of hydrogen-bond acceptors (Lipinski definition) is 4. The second-order valence-electron chi connectivity index (χ2n) is 5.42. The minimum absolute atomic E-state index is 0.785. The van der Waals surface area contributed by atoms with E-state index in [9.17, 15) is 0 Å². The van der Waals surface area contributed by atoms with E-state index in [1.165, 1.54) is 65.3 Å². The molecule has 0 amide bonds. The maximum absolute atomic E-state index is 3.47. The lowest BCUT2D eigenvalue weighted by molar-refractivity contribution is 0.125. The normalized spacial score (nSPS) is 28.1. The van der Waals surface area contributed by atoms with Gasteiger partial charge in [0.25, 0.3) is 0 Å². The Labute approximate surface area is 106 Å². The average Bonchev–Trinajstić information content (AvgIpc) is 2.86. The standard InChI is InChI=1S/C13H28N4/c1-3-17(13-4-5-14-12-13)11-10-16-8-6-15(2)7-9-16/h13-14H,3-12H2,1-2H3. The lowest BCUT2D eigenvalue weighted by atomic mass is 10.2. The van der Waals surface area contributed by atoms with Gasteiger partial charge in [-0.3, -0.25) is 9.80 Å². The van der Waals surface area contributed by atoms with Crippen molar-refractivity contribution >= 4 is 0 Å². The molecule has 1 N–H and O–H groups in total. The van der Waals surface area contributed by atoms with Gasteiger partial charge >= 0.3 is 0 Å². The molecule has 100 valence electrons. The SMILES string of the molecule is CCN(CCN1CCN(C)CC1)C1CCNC1. The summed E-state index contributed by atoms with van der Waals surface area (Å²) in [6.45, 7) is 13.3. The molecule has 17 heavy (non-hydrogen) atoms. The van der Waals surface area contributed by atoms with Crippen molar-refractivity contribution in [3.05, 3.63) is 0 Å². The second-order valence-corrected chi connectivity index (χ2v) is 5.42. The van der Waals surface area contributed by atoms with E-state index in [4.69, 9.17) is 0 Å². The molecule has 4 heteroatoms. The molecule has 2 aliphatic heterocycles. The number of piperazine rings is 1. The van der Waals surface area contributed by atoms with Gasteiger partial charge in [0, 0.05) is 51.9 Å². The molecule has 0 aromatic heterocycles. The average molecular weight is 240 g/mol. The summed E-state index contributed by atoms with van der Waals surface area (Å²) in [5.74, 6) is 0. The predicted octanol–water partition coefficient (Wildman–Crippen LogP) is -0.0824. The highest BCUT2D eigenvalue weighted by atomic mass is 15.3. The van der Waals surface area contributed by atoms with E-state index in [2.05, 4.69) is 34.0 Å². The van der Waals surface area contributed by atoms with Crippen molar-refractivity contribution in [1.29, 1.82) is 0 Å². The van der Waals surface area contributed by atoms with Crippen molar-refractivity contribution in [2.75, 3.05) is 66.0 Å². The van der Waals surface area contributed by atoms with Crippen molar-refractivity contribution in [2.45, 2.75) is 19.4 Å². The predicted molar refractivity (Wildman–Crippen MR) is 72.5 cm³/mol. The van der Waals surface area contributed by atoms with Crippen LogP contribution < -0.4 is 5.32 Å². The first-order valence-corrected chi connectivity index (χ1v) is 7.15. The molecule has 1 atom stereocenters. The van der Waals surface area contributed by atoms with Crippen LogP contribution in [-0.4, -0.2) is 86.7 Å². The summed E-state index contributed by atoms with van der Waals surface area (Å²) in [6.07, 6.45) is 1.33. The highest BCUT2D eigenvalue weighted by Crippen LogP contribution is 2.08. The maximum atomic E-state index is 3.47. The highest BCUT2D eigenvalue weighted by molar-refractivity contribution is 4.81. The van der Waals surface area contributed by atoms with Crippen LogP contribution in [0, 0.1) is 0 Å². The Balaban J connectivity index is 1.68. The Hall–Kier alpha value is -0.160. The van der Waals surface area contributed by atoms with Gasteiger partial charge in [-0.05, 0) is 26.6 Å². The fourth-order valence-corrected chi connectivity index (χ4v) is 2.89. The summed E-state index contributed by atoms with van der Waals surface area (Å²) < 4.78 is 0. The van der Waals surface area contributed by atoms with Crippen LogP contribution in [0.3, 0.4) is 0 Å². The van der Waals surface area contributed by atoms with E-state index in [0.29, 0.717) is 0 Å². The molecule has 1 unspecified atom stereocenters. The van der Waals surface area contributed by atoms with Gasteiger partial charge < -0.3 is 10.2 Å². The second kappa shape index (κ2) is 6.69. The van der Waals surface area contributed by atoms with Crippen LogP contribution >= 0.6 is 0 Å². The molecule has 0 spiro atoms. The van der Waals surface area contributed by atoms with Crippen molar-refractivity contribution in [1.82, 2.24) is 20.0 Å². The maximum Gasteiger partial charge on any atom is 0.0233 e. The van der Waals surface area contributed by atoms with Crippen LogP contribution in [0.1, 0.15) is 13.3 Å². The van der Waals surface area contributed by atoms with Crippen molar-refractivity contribution in [3.63, 3.8) is 0 Å². The molecule has 2 fully saturated rings. The Morgan fingerprint density at radius 3 is 2.59 bits per heavy atom. The Morgan fingerprint density at radius 1 is 1.24 bits per heavy atom. The molecular weight excluding hydrogens is 212 g/mol. The van der Waals surface area contributed by atoms with E-state index in [0.717, 1.165) is 6.04 Å². The molecule has 4 nitrogen and oxygen atoms in total. The van der Waals surface area contributed by atoms with Crippen molar-refractivity contribution in [3.8, 4) is 0 Å². The number of hydrogen-bond donors (Lipinski definition) is 1. The molecule has 0 aromatic carbocycles. The van der Waals surface area contributed by atoms with Crippen LogP contribution in [0.4, 0.5) is 0 Å². The van der Waals surface area contributed by atoms with Gasteiger partial charge in [-0.15, -0.1) is 0 Å². The lowest BCUT2D eigenvalue weighted by Gasteiger charge is -2.35. The highest BCUT2D eigenvalue weighted by Gasteiger charge is 2.21. The largest absolute Gasteiger partial charge is 0.315 e. The van der Waals surface area contributed by atoms with Gasteiger partial charge in [0.15, 0.2) is 0 Å². The summed E-state index contributed by atoms with van der Waals surface area (Å²) >= 11 is 0. The first-order valence-electron chi connectivity index (χ1n) is 7.15. The Kier molecular flexibility index (Phi) is 5.22. The molecule has 0 bridgehead atoms. The first kappa shape index (κ1) is 13.3. The first-order chi connectivity index (χ1) is 8.29. The van der Waals surface area contributed by atoms with Crippen molar-refractivity contribution < 1.29 is 0 Å². The molecule has 0 aromatic rings. The zero-order valence-corrected chi connectivity index (χ0v) is 11.5. The number of rotatable bonds is 5. The monoisotopic (exact) mass is 240 g/mol. The van der Waals surface area contributed by atoms with Crippen LogP contribution in [-0.2, 0) is 0 Å². The van der Waals surface area contributed by atoms with Gasteiger partial charge in [0.1, 0.15) is 0 Å². The van der Waals surface area contributed by atoms with Gasteiger partial charge in [-0.1, -0.05) is 6.92 Å². The van der Waals surface area contributed by atoms with Gasteiger partial charge in [0.2, 0.25) is 0 Å². The number of nitrogens with zero attached hydrogens (tertiary/aromatic N) is 3. The summed E-state index contributed by atoms with van der Waals surface area (Å²) in [4.78, 5) is 7.69. The van der Waals surface area contributed by atoms with Gasteiger partial charge in [-0.2, -0.15) is 0 Å². The third-order valence-electron chi connectivity index (χ3n) is 4.26. The zero-order valence-electron chi connectivity index (χ0n) is 11.5.